The smallest absolute Gasteiger partial charge is 0.409 e. The number of pyridine rings is 1. The molecule has 0 bridgehead atoms. The van der Waals surface area contributed by atoms with Crippen LogP contribution < -0.4 is 4.90 Å². The average Bonchev–Trinajstić information content (AvgIpc) is 2.54. The van der Waals surface area contributed by atoms with E-state index in [9.17, 15) is 4.79 Å². The van der Waals surface area contributed by atoms with Crippen LogP contribution in [0.5, 0.6) is 0 Å². The van der Waals surface area contributed by atoms with Gasteiger partial charge in [0.1, 0.15) is 5.69 Å². The summed E-state index contributed by atoms with van der Waals surface area (Å²) < 4.78 is 4.85. The molecule has 1 saturated heterocycles. The van der Waals surface area contributed by atoms with Crippen LogP contribution in [-0.4, -0.2) is 54.4 Å². The molecule has 23 heavy (non-hydrogen) atoms. The predicted octanol–water partition coefficient (Wildman–Crippen LogP) is 2.97. The first-order valence-corrected chi connectivity index (χ1v) is 7.98. The van der Waals surface area contributed by atoms with Gasteiger partial charge in [0.15, 0.2) is 0 Å². The summed E-state index contributed by atoms with van der Waals surface area (Å²) in [6, 6.07) is 2.08. The van der Waals surface area contributed by atoms with Crippen LogP contribution in [0.2, 0.25) is 0 Å². The fourth-order valence-electron chi connectivity index (χ4n) is 3.55. The number of ether oxygens (including phenoxy) is 1. The summed E-state index contributed by atoms with van der Waals surface area (Å²) in [7, 11) is 3.21. The number of isothiocyanates is 1. The lowest BCUT2D eigenvalue weighted by molar-refractivity contribution is 0.0791. The first-order valence-electron chi connectivity index (χ1n) is 7.57. The number of thiocarbonyl (C=S) groups is 1. The van der Waals surface area contributed by atoms with Gasteiger partial charge < -0.3 is 14.5 Å². The molecule has 0 N–H and O–H groups in total. The van der Waals surface area contributed by atoms with Gasteiger partial charge in [-0.05, 0) is 30.1 Å². The van der Waals surface area contributed by atoms with E-state index in [2.05, 4.69) is 33.9 Å². The van der Waals surface area contributed by atoms with Crippen LogP contribution in [0.1, 0.15) is 13.8 Å². The molecular formula is C16H22N4O2S. The number of hydrogen-bond acceptors (Lipinski definition) is 6. The number of amides is 1. The van der Waals surface area contributed by atoms with E-state index in [-0.39, 0.29) is 12.1 Å². The number of carbonyl (C=O) groups is 1. The van der Waals surface area contributed by atoms with Crippen molar-refractivity contribution >= 4 is 34.8 Å². The van der Waals surface area contributed by atoms with E-state index in [4.69, 9.17) is 17.0 Å². The van der Waals surface area contributed by atoms with E-state index in [1.54, 1.807) is 24.3 Å². The molecule has 0 saturated carbocycles. The van der Waals surface area contributed by atoms with Crippen molar-refractivity contribution in [2.24, 2.45) is 16.8 Å². The molecule has 1 aromatic heterocycles. The fraction of sp³-hybridized carbons (Fsp3) is 0.562. The first kappa shape index (κ1) is 17.4. The van der Waals surface area contributed by atoms with E-state index in [1.165, 1.54) is 7.11 Å². The third kappa shape index (κ3) is 3.68. The predicted molar refractivity (Wildman–Crippen MR) is 93.4 cm³/mol. The lowest BCUT2D eigenvalue weighted by atomic mass is 9.84. The van der Waals surface area contributed by atoms with Crippen molar-refractivity contribution in [1.29, 1.82) is 0 Å². The van der Waals surface area contributed by atoms with E-state index in [0.29, 0.717) is 11.8 Å². The molecule has 1 aromatic rings. The Morgan fingerprint density at radius 1 is 1.48 bits per heavy atom. The van der Waals surface area contributed by atoms with Crippen molar-refractivity contribution < 1.29 is 9.53 Å². The van der Waals surface area contributed by atoms with Gasteiger partial charge in [-0.25, -0.2) is 4.79 Å². The number of piperidine rings is 1. The molecule has 1 fully saturated rings. The van der Waals surface area contributed by atoms with Gasteiger partial charge in [-0.15, -0.1) is 0 Å². The van der Waals surface area contributed by atoms with E-state index >= 15 is 0 Å². The Hall–Kier alpha value is -1.98. The third-order valence-electron chi connectivity index (χ3n) is 4.38. The van der Waals surface area contributed by atoms with Crippen LogP contribution in [0.4, 0.5) is 16.2 Å². The Labute approximate surface area is 142 Å². The Morgan fingerprint density at radius 2 is 2.13 bits per heavy atom. The molecular weight excluding hydrogens is 312 g/mol. The maximum absolute atomic E-state index is 11.8. The Balaban J connectivity index is 2.22. The SMILES string of the molecule is COC(=O)N(C)C1[C@H](C)CN(c2ccncc2N=C=S)C[C@@H]1C. The van der Waals surface area contributed by atoms with Crippen molar-refractivity contribution in [2.75, 3.05) is 32.1 Å². The molecule has 6 nitrogen and oxygen atoms in total. The number of methoxy groups -OCH3 is 1. The summed E-state index contributed by atoms with van der Waals surface area (Å²) in [5.41, 5.74) is 1.72. The summed E-state index contributed by atoms with van der Waals surface area (Å²) in [6.07, 6.45) is 3.15. The van der Waals surface area contributed by atoms with Gasteiger partial charge in [0, 0.05) is 32.4 Å². The molecule has 1 aliphatic heterocycles. The highest BCUT2D eigenvalue weighted by atomic mass is 32.1. The van der Waals surface area contributed by atoms with Crippen molar-refractivity contribution in [3.8, 4) is 0 Å². The average molecular weight is 334 g/mol. The van der Waals surface area contributed by atoms with E-state index in [1.807, 2.05) is 6.07 Å². The number of carbonyl (C=O) groups excluding carboxylic acids is 1. The lowest BCUT2D eigenvalue weighted by Gasteiger charge is -2.45. The molecule has 0 aliphatic carbocycles. The second kappa shape index (κ2) is 7.53. The van der Waals surface area contributed by atoms with Gasteiger partial charge in [0.25, 0.3) is 0 Å². The van der Waals surface area contributed by atoms with Crippen LogP contribution in [0.25, 0.3) is 0 Å². The zero-order chi connectivity index (χ0) is 17.0. The van der Waals surface area contributed by atoms with Gasteiger partial charge in [0.05, 0.1) is 24.2 Å². The molecule has 7 heteroatoms. The van der Waals surface area contributed by atoms with Crippen molar-refractivity contribution in [3.05, 3.63) is 18.5 Å². The maximum atomic E-state index is 11.8. The summed E-state index contributed by atoms with van der Waals surface area (Å²) >= 11 is 4.72. The highest BCUT2D eigenvalue weighted by Gasteiger charge is 2.37. The van der Waals surface area contributed by atoms with Crippen LogP contribution in [0.3, 0.4) is 0 Å². The molecule has 0 radical (unpaired) electrons. The summed E-state index contributed by atoms with van der Waals surface area (Å²) in [4.78, 5) is 24.0. The zero-order valence-corrected chi connectivity index (χ0v) is 14.7. The number of rotatable bonds is 3. The van der Waals surface area contributed by atoms with Gasteiger partial charge in [-0.2, -0.15) is 4.99 Å². The van der Waals surface area contributed by atoms with Gasteiger partial charge in [0.2, 0.25) is 0 Å². The number of aromatic nitrogens is 1. The molecule has 2 heterocycles. The molecule has 2 rings (SSSR count). The third-order valence-corrected chi connectivity index (χ3v) is 4.47. The number of nitrogens with zero attached hydrogens (tertiary/aromatic N) is 4. The first-order chi connectivity index (χ1) is 11.0. The minimum absolute atomic E-state index is 0.137. The lowest BCUT2D eigenvalue weighted by Crippen LogP contribution is -2.55. The minimum atomic E-state index is -0.294. The Morgan fingerprint density at radius 3 is 2.70 bits per heavy atom. The monoisotopic (exact) mass is 334 g/mol. The Bertz CT molecular complexity index is 606. The van der Waals surface area contributed by atoms with Crippen molar-refractivity contribution in [2.45, 2.75) is 19.9 Å². The summed E-state index contributed by atoms with van der Waals surface area (Å²) in [5.74, 6) is 0.584. The van der Waals surface area contributed by atoms with Crippen LogP contribution in [0.15, 0.2) is 23.5 Å². The van der Waals surface area contributed by atoms with Crippen molar-refractivity contribution in [1.82, 2.24) is 9.88 Å². The highest BCUT2D eigenvalue weighted by Crippen LogP contribution is 2.34. The van der Waals surface area contributed by atoms with Crippen LogP contribution in [0, 0.1) is 11.8 Å². The number of aliphatic imine (C=N–C) groups is 1. The molecule has 124 valence electrons. The zero-order valence-electron chi connectivity index (χ0n) is 13.9. The van der Waals surface area contributed by atoms with Crippen LogP contribution >= 0.6 is 12.2 Å². The second-order valence-corrected chi connectivity index (χ2v) is 6.18. The van der Waals surface area contributed by atoms with Gasteiger partial charge in [-0.1, -0.05) is 13.8 Å². The maximum Gasteiger partial charge on any atom is 0.409 e. The van der Waals surface area contributed by atoms with E-state index in [0.717, 1.165) is 24.5 Å². The molecule has 1 amide bonds. The number of hydrogen-bond donors (Lipinski definition) is 0. The topological polar surface area (TPSA) is 58.0 Å². The second-order valence-electron chi connectivity index (χ2n) is 6.00. The fourth-order valence-corrected chi connectivity index (χ4v) is 3.65. The normalized spacial score (nSPS) is 23.8. The standard InChI is InChI=1S/C16H22N4O2S/c1-11-8-20(14-5-6-17-7-13(14)18-10-23)9-12(2)15(11)19(3)16(21)22-4/h5-7,11-12,15H,8-9H2,1-4H3/t11-,12+,15?. The quantitative estimate of drug-likeness (QED) is 0.628. The van der Waals surface area contributed by atoms with Crippen LogP contribution in [-0.2, 0) is 4.74 Å². The number of anilines is 1. The summed E-state index contributed by atoms with van der Waals surface area (Å²) in [5, 5.41) is 2.41. The van der Waals surface area contributed by atoms with Gasteiger partial charge >= 0.3 is 6.09 Å². The minimum Gasteiger partial charge on any atom is -0.453 e. The molecule has 1 unspecified atom stereocenters. The molecule has 1 aliphatic rings. The summed E-state index contributed by atoms with van der Waals surface area (Å²) in [6.45, 7) is 5.94. The molecule has 0 spiro atoms. The van der Waals surface area contributed by atoms with Gasteiger partial charge in [-0.3, -0.25) is 4.98 Å². The highest BCUT2D eigenvalue weighted by molar-refractivity contribution is 7.78. The molecule has 3 atom stereocenters. The van der Waals surface area contributed by atoms with E-state index < -0.39 is 0 Å². The molecule has 0 aromatic carbocycles. The Kier molecular flexibility index (Phi) is 5.69. The largest absolute Gasteiger partial charge is 0.453 e. The van der Waals surface area contributed by atoms with Crippen molar-refractivity contribution in [3.63, 3.8) is 0 Å².